The SMILES string of the molecule is NOC(=O)c1ccccc1[N+](=O)[O-]. The van der Waals surface area contributed by atoms with Gasteiger partial charge in [-0.1, -0.05) is 12.1 Å². The van der Waals surface area contributed by atoms with Crippen molar-refractivity contribution in [2.45, 2.75) is 0 Å². The van der Waals surface area contributed by atoms with Gasteiger partial charge in [-0.3, -0.25) is 10.1 Å². The molecule has 0 heterocycles. The van der Waals surface area contributed by atoms with Crippen LogP contribution in [0.5, 0.6) is 0 Å². The fraction of sp³-hybridized carbons (Fsp3) is 0. The molecular weight excluding hydrogens is 176 g/mol. The zero-order chi connectivity index (χ0) is 9.84. The van der Waals surface area contributed by atoms with Crippen LogP contribution in [-0.2, 0) is 4.84 Å². The minimum atomic E-state index is -0.924. The van der Waals surface area contributed by atoms with Crippen LogP contribution in [0.25, 0.3) is 0 Å². The van der Waals surface area contributed by atoms with Gasteiger partial charge in [0.2, 0.25) is 0 Å². The fourth-order valence-electron chi connectivity index (χ4n) is 0.869. The number of carbonyl (C=O) groups excluding carboxylic acids is 1. The lowest BCUT2D eigenvalue weighted by Crippen LogP contribution is -2.11. The summed E-state index contributed by atoms with van der Waals surface area (Å²) in [5.41, 5.74) is -0.479. The molecule has 68 valence electrons. The van der Waals surface area contributed by atoms with Crippen LogP contribution in [0.1, 0.15) is 10.4 Å². The second kappa shape index (κ2) is 3.63. The van der Waals surface area contributed by atoms with Crippen LogP contribution in [0.15, 0.2) is 24.3 Å². The first-order valence-corrected chi connectivity index (χ1v) is 3.31. The molecule has 0 aliphatic carbocycles. The van der Waals surface area contributed by atoms with Crippen LogP contribution < -0.4 is 5.90 Å². The lowest BCUT2D eigenvalue weighted by atomic mass is 10.2. The van der Waals surface area contributed by atoms with Crippen LogP contribution in [-0.4, -0.2) is 10.9 Å². The van der Waals surface area contributed by atoms with E-state index in [0.717, 1.165) is 0 Å². The Morgan fingerprint density at radius 3 is 2.62 bits per heavy atom. The Balaban J connectivity index is 3.19. The lowest BCUT2D eigenvalue weighted by molar-refractivity contribution is -0.385. The molecule has 0 bridgehead atoms. The van der Waals surface area contributed by atoms with Gasteiger partial charge in [0.15, 0.2) is 0 Å². The van der Waals surface area contributed by atoms with Gasteiger partial charge in [-0.15, -0.1) is 0 Å². The summed E-state index contributed by atoms with van der Waals surface area (Å²) in [6, 6.07) is 5.41. The zero-order valence-corrected chi connectivity index (χ0v) is 6.47. The molecule has 0 atom stereocenters. The lowest BCUT2D eigenvalue weighted by Gasteiger charge is -1.98. The number of hydrogen-bond acceptors (Lipinski definition) is 5. The molecule has 13 heavy (non-hydrogen) atoms. The van der Waals surface area contributed by atoms with E-state index in [1.54, 1.807) is 0 Å². The maximum atomic E-state index is 10.9. The molecule has 1 aromatic rings. The fourth-order valence-corrected chi connectivity index (χ4v) is 0.869. The maximum absolute atomic E-state index is 10.9. The molecule has 0 unspecified atom stereocenters. The molecule has 6 nitrogen and oxygen atoms in total. The number of benzene rings is 1. The summed E-state index contributed by atoms with van der Waals surface area (Å²) in [6.45, 7) is 0. The molecule has 0 aliphatic heterocycles. The van der Waals surface area contributed by atoms with Gasteiger partial charge in [0.05, 0.1) is 4.92 Å². The summed E-state index contributed by atoms with van der Waals surface area (Å²) in [6.07, 6.45) is 0. The predicted molar refractivity (Wildman–Crippen MR) is 42.7 cm³/mol. The molecule has 0 aliphatic rings. The number of hydrogen-bond donors (Lipinski definition) is 1. The van der Waals surface area contributed by atoms with Gasteiger partial charge in [-0.25, -0.2) is 4.79 Å². The second-order valence-corrected chi connectivity index (χ2v) is 2.18. The molecular formula is C7H6N2O4. The molecule has 0 aromatic heterocycles. The monoisotopic (exact) mass is 182 g/mol. The quantitative estimate of drug-likeness (QED) is 0.534. The van der Waals surface area contributed by atoms with Crippen LogP contribution in [0.2, 0.25) is 0 Å². The van der Waals surface area contributed by atoms with E-state index in [4.69, 9.17) is 0 Å². The van der Waals surface area contributed by atoms with Crippen molar-refractivity contribution >= 4 is 11.7 Å². The Kier molecular flexibility index (Phi) is 2.56. The van der Waals surface area contributed by atoms with Gasteiger partial charge in [0.1, 0.15) is 5.56 Å². The van der Waals surface area contributed by atoms with E-state index in [0.29, 0.717) is 0 Å². The van der Waals surface area contributed by atoms with E-state index in [1.165, 1.54) is 24.3 Å². The standard InChI is InChI=1S/C7H6N2O4/c8-13-7(10)5-3-1-2-4-6(5)9(11)12/h1-4H,8H2. The predicted octanol–water partition coefficient (Wildman–Crippen LogP) is 0.625. The van der Waals surface area contributed by atoms with E-state index in [9.17, 15) is 14.9 Å². The number of para-hydroxylation sites is 1. The average Bonchev–Trinajstić information content (AvgIpc) is 2.16. The van der Waals surface area contributed by atoms with Crippen LogP contribution in [0.4, 0.5) is 5.69 Å². The van der Waals surface area contributed by atoms with Crippen molar-refractivity contribution in [3.05, 3.63) is 39.9 Å². The van der Waals surface area contributed by atoms with Crippen molar-refractivity contribution in [2.75, 3.05) is 0 Å². The van der Waals surface area contributed by atoms with Crippen molar-refractivity contribution < 1.29 is 14.6 Å². The third kappa shape index (κ3) is 1.79. The Labute approximate surface area is 73.0 Å². The topological polar surface area (TPSA) is 95.5 Å². The minimum absolute atomic E-state index is 0.157. The Hall–Kier alpha value is -1.95. The maximum Gasteiger partial charge on any atom is 0.363 e. The summed E-state index contributed by atoms with van der Waals surface area (Å²) >= 11 is 0. The highest BCUT2D eigenvalue weighted by Crippen LogP contribution is 2.17. The highest BCUT2D eigenvalue weighted by Gasteiger charge is 2.19. The van der Waals surface area contributed by atoms with Crippen LogP contribution >= 0.6 is 0 Å². The number of nitro groups is 1. The summed E-state index contributed by atoms with van der Waals surface area (Å²) in [7, 11) is 0. The highest BCUT2D eigenvalue weighted by molar-refractivity contribution is 5.93. The normalized spacial score (nSPS) is 9.31. The Bertz CT molecular complexity index is 350. The summed E-state index contributed by atoms with van der Waals surface area (Å²) < 4.78 is 0. The van der Waals surface area contributed by atoms with Crippen molar-refractivity contribution in [3.63, 3.8) is 0 Å². The molecule has 2 N–H and O–H groups in total. The number of nitrogens with zero attached hydrogens (tertiary/aromatic N) is 1. The second-order valence-electron chi connectivity index (χ2n) is 2.18. The Morgan fingerprint density at radius 2 is 2.08 bits per heavy atom. The Morgan fingerprint density at radius 1 is 1.46 bits per heavy atom. The molecule has 0 radical (unpaired) electrons. The summed E-state index contributed by atoms with van der Waals surface area (Å²) in [5, 5.41) is 10.4. The molecule has 0 saturated heterocycles. The smallest absolute Gasteiger partial charge is 0.363 e. The van der Waals surface area contributed by atoms with E-state index in [2.05, 4.69) is 10.7 Å². The summed E-state index contributed by atoms with van der Waals surface area (Å²) in [4.78, 5) is 24.5. The van der Waals surface area contributed by atoms with E-state index >= 15 is 0 Å². The number of nitro benzene ring substituents is 1. The van der Waals surface area contributed by atoms with E-state index in [-0.39, 0.29) is 11.3 Å². The van der Waals surface area contributed by atoms with Gasteiger partial charge in [-0.05, 0) is 6.07 Å². The molecule has 0 amide bonds. The van der Waals surface area contributed by atoms with Gasteiger partial charge >= 0.3 is 5.97 Å². The third-order valence-electron chi connectivity index (χ3n) is 1.43. The molecule has 0 fully saturated rings. The van der Waals surface area contributed by atoms with Crippen molar-refractivity contribution in [1.82, 2.24) is 0 Å². The van der Waals surface area contributed by atoms with Gasteiger partial charge in [0.25, 0.3) is 5.69 Å². The van der Waals surface area contributed by atoms with Gasteiger partial charge < -0.3 is 4.84 Å². The van der Waals surface area contributed by atoms with Crippen molar-refractivity contribution in [1.29, 1.82) is 0 Å². The van der Waals surface area contributed by atoms with Crippen molar-refractivity contribution in [2.24, 2.45) is 5.90 Å². The molecule has 6 heteroatoms. The van der Waals surface area contributed by atoms with Gasteiger partial charge in [0, 0.05) is 6.07 Å². The van der Waals surface area contributed by atoms with Crippen molar-refractivity contribution in [3.8, 4) is 0 Å². The van der Waals surface area contributed by atoms with Crippen LogP contribution in [0, 0.1) is 10.1 Å². The molecule has 0 saturated carbocycles. The number of carbonyl (C=O) groups is 1. The number of rotatable bonds is 2. The first-order chi connectivity index (χ1) is 6.16. The third-order valence-corrected chi connectivity index (χ3v) is 1.43. The largest absolute Gasteiger partial charge is 0.369 e. The molecule has 1 rings (SSSR count). The van der Waals surface area contributed by atoms with E-state index < -0.39 is 10.9 Å². The molecule has 0 spiro atoms. The summed E-state index contributed by atoms with van der Waals surface area (Å²) in [5.74, 6) is 3.68. The average molecular weight is 182 g/mol. The minimum Gasteiger partial charge on any atom is -0.369 e. The van der Waals surface area contributed by atoms with Gasteiger partial charge in [-0.2, -0.15) is 5.90 Å². The molecule has 1 aromatic carbocycles. The van der Waals surface area contributed by atoms with Crippen LogP contribution in [0.3, 0.4) is 0 Å². The zero-order valence-electron chi connectivity index (χ0n) is 6.47. The number of nitrogens with two attached hydrogens (primary N) is 1. The van der Waals surface area contributed by atoms with E-state index in [1.807, 2.05) is 0 Å². The highest BCUT2D eigenvalue weighted by atomic mass is 16.7. The first kappa shape index (κ1) is 9.14. The first-order valence-electron chi connectivity index (χ1n) is 3.31.